The third-order valence-corrected chi connectivity index (χ3v) is 3.97. The zero-order valence-corrected chi connectivity index (χ0v) is 13.1. The minimum absolute atomic E-state index is 0.787. The molecular formula is C15H33NS. The van der Waals surface area contributed by atoms with Crippen molar-refractivity contribution in [1.29, 1.82) is 0 Å². The van der Waals surface area contributed by atoms with Gasteiger partial charge in [-0.15, -0.1) is 0 Å². The molecule has 2 heteroatoms. The molecule has 1 nitrogen and oxygen atoms in total. The topological polar surface area (TPSA) is 12.0 Å². The smallest absolute Gasteiger partial charge is 0.00670 e. The van der Waals surface area contributed by atoms with Crippen LogP contribution in [0.5, 0.6) is 0 Å². The Morgan fingerprint density at radius 3 is 1.94 bits per heavy atom. The molecule has 0 spiro atoms. The Bertz CT molecular complexity index is 129. The molecule has 0 aliphatic heterocycles. The van der Waals surface area contributed by atoms with Crippen LogP contribution in [0.25, 0.3) is 0 Å². The van der Waals surface area contributed by atoms with E-state index in [1.807, 2.05) is 11.8 Å². The maximum absolute atomic E-state index is 3.76. The predicted octanol–water partition coefficient (Wildman–Crippen LogP) is 4.86. The highest BCUT2D eigenvalue weighted by Crippen LogP contribution is 2.11. The summed E-state index contributed by atoms with van der Waals surface area (Å²) in [6, 6.07) is 0.787. The highest BCUT2D eigenvalue weighted by atomic mass is 32.2. The van der Waals surface area contributed by atoms with E-state index in [0.717, 1.165) is 6.04 Å². The number of hydrogen-bond donors (Lipinski definition) is 1. The van der Waals surface area contributed by atoms with E-state index in [0.29, 0.717) is 0 Å². The molecule has 0 saturated heterocycles. The molecule has 104 valence electrons. The average Bonchev–Trinajstić information content (AvgIpc) is 2.34. The molecule has 0 atom stereocenters. The lowest BCUT2D eigenvalue weighted by molar-refractivity contribution is 0.420. The number of thioether (sulfide) groups is 1. The van der Waals surface area contributed by atoms with Crippen molar-refractivity contribution in [3.63, 3.8) is 0 Å². The molecule has 0 rings (SSSR count). The van der Waals surface area contributed by atoms with Crippen LogP contribution in [0.3, 0.4) is 0 Å². The molecule has 0 heterocycles. The normalized spacial score (nSPS) is 11.3. The van der Waals surface area contributed by atoms with Gasteiger partial charge in [0.25, 0.3) is 0 Å². The molecule has 0 unspecified atom stereocenters. The highest BCUT2D eigenvalue weighted by molar-refractivity contribution is 7.98. The van der Waals surface area contributed by atoms with Crippen molar-refractivity contribution >= 4 is 11.8 Å². The minimum atomic E-state index is 0.787. The van der Waals surface area contributed by atoms with E-state index in [9.17, 15) is 0 Å². The summed E-state index contributed by atoms with van der Waals surface area (Å²) in [6.45, 7) is 5.79. The van der Waals surface area contributed by atoms with Crippen LogP contribution in [-0.2, 0) is 0 Å². The van der Waals surface area contributed by atoms with Gasteiger partial charge in [0.1, 0.15) is 0 Å². The molecule has 1 N–H and O–H groups in total. The molecule has 0 saturated carbocycles. The average molecular weight is 260 g/mol. The van der Waals surface area contributed by atoms with Crippen molar-refractivity contribution in [2.24, 2.45) is 0 Å². The van der Waals surface area contributed by atoms with E-state index < -0.39 is 0 Å². The second-order valence-electron chi connectivity index (χ2n) is 4.99. The maximum Gasteiger partial charge on any atom is 0.00670 e. The van der Waals surface area contributed by atoms with Crippen LogP contribution in [0.1, 0.15) is 71.6 Å². The van der Waals surface area contributed by atoms with Gasteiger partial charge in [-0.2, -0.15) is 11.8 Å². The number of rotatable bonds is 13. The van der Waals surface area contributed by atoms with Crippen LogP contribution >= 0.6 is 11.8 Å². The Labute approximate surface area is 114 Å². The van der Waals surface area contributed by atoms with Crippen LogP contribution in [0.2, 0.25) is 0 Å². The first-order chi connectivity index (χ1) is 8.35. The maximum atomic E-state index is 3.76. The lowest BCUT2D eigenvalue weighted by atomic mass is 10.0. The van der Waals surface area contributed by atoms with E-state index in [2.05, 4.69) is 25.4 Å². The van der Waals surface area contributed by atoms with Gasteiger partial charge in [-0.05, 0) is 37.8 Å². The Balaban J connectivity index is 3.60. The first-order valence-corrected chi connectivity index (χ1v) is 8.96. The summed E-state index contributed by atoms with van der Waals surface area (Å²) in [5.74, 6) is 1.30. The number of unbranched alkanes of at least 4 members (excludes halogenated alkanes) is 4. The van der Waals surface area contributed by atoms with Crippen molar-refractivity contribution in [1.82, 2.24) is 5.32 Å². The summed E-state index contributed by atoms with van der Waals surface area (Å²) in [6.07, 6.45) is 14.6. The quantitative estimate of drug-likeness (QED) is 0.474. The molecular weight excluding hydrogens is 226 g/mol. The van der Waals surface area contributed by atoms with Crippen LogP contribution in [0.4, 0.5) is 0 Å². The van der Waals surface area contributed by atoms with Crippen LogP contribution in [0.15, 0.2) is 0 Å². The fourth-order valence-corrected chi connectivity index (χ4v) is 2.59. The van der Waals surface area contributed by atoms with Gasteiger partial charge in [-0.1, -0.05) is 52.4 Å². The second-order valence-corrected chi connectivity index (χ2v) is 5.97. The zero-order chi connectivity index (χ0) is 12.8. The largest absolute Gasteiger partial charge is 0.314 e. The Morgan fingerprint density at radius 2 is 1.47 bits per heavy atom. The van der Waals surface area contributed by atoms with Gasteiger partial charge in [0.15, 0.2) is 0 Å². The summed E-state index contributed by atoms with van der Waals surface area (Å²) in [5, 5.41) is 3.76. The molecule has 0 radical (unpaired) electrons. The standard InChI is InChI=1S/C15H33NS/c1-4-6-8-11-15(12-9-7-5-2)16-13-10-14-17-3/h15-16H,4-14H2,1-3H3. The first kappa shape index (κ1) is 17.3. The molecule has 17 heavy (non-hydrogen) atoms. The van der Waals surface area contributed by atoms with Gasteiger partial charge in [0.05, 0.1) is 0 Å². The molecule has 0 aromatic carbocycles. The molecule has 0 bridgehead atoms. The summed E-state index contributed by atoms with van der Waals surface area (Å²) in [4.78, 5) is 0. The third-order valence-electron chi connectivity index (χ3n) is 3.27. The number of nitrogens with one attached hydrogen (secondary N) is 1. The monoisotopic (exact) mass is 259 g/mol. The van der Waals surface area contributed by atoms with Crippen LogP contribution in [-0.4, -0.2) is 24.6 Å². The molecule has 0 aliphatic rings. The Kier molecular flexibility index (Phi) is 14.6. The predicted molar refractivity (Wildman–Crippen MR) is 83.1 cm³/mol. The van der Waals surface area contributed by atoms with E-state index in [1.54, 1.807) is 0 Å². The second kappa shape index (κ2) is 14.4. The summed E-state index contributed by atoms with van der Waals surface area (Å²) < 4.78 is 0. The fourth-order valence-electron chi connectivity index (χ4n) is 2.15. The van der Waals surface area contributed by atoms with Crippen molar-refractivity contribution in [3.8, 4) is 0 Å². The molecule has 0 aromatic heterocycles. The van der Waals surface area contributed by atoms with Gasteiger partial charge in [0, 0.05) is 6.04 Å². The molecule has 0 aromatic rings. The Morgan fingerprint density at radius 1 is 0.882 bits per heavy atom. The van der Waals surface area contributed by atoms with E-state index in [4.69, 9.17) is 0 Å². The van der Waals surface area contributed by atoms with E-state index in [1.165, 1.54) is 70.1 Å². The van der Waals surface area contributed by atoms with Crippen molar-refractivity contribution < 1.29 is 0 Å². The van der Waals surface area contributed by atoms with Crippen molar-refractivity contribution in [2.75, 3.05) is 18.6 Å². The summed E-state index contributed by atoms with van der Waals surface area (Å²) in [7, 11) is 0. The lowest BCUT2D eigenvalue weighted by Gasteiger charge is -2.18. The van der Waals surface area contributed by atoms with Gasteiger partial charge >= 0.3 is 0 Å². The molecule has 0 amide bonds. The summed E-state index contributed by atoms with van der Waals surface area (Å²) >= 11 is 1.96. The SMILES string of the molecule is CCCCCC(CCCCC)NCCCSC. The summed E-state index contributed by atoms with van der Waals surface area (Å²) in [5.41, 5.74) is 0. The van der Waals surface area contributed by atoms with Gasteiger partial charge in [-0.3, -0.25) is 0 Å². The first-order valence-electron chi connectivity index (χ1n) is 7.57. The fraction of sp³-hybridized carbons (Fsp3) is 1.00. The molecule has 0 fully saturated rings. The van der Waals surface area contributed by atoms with Gasteiger partial charge < -0.3 is 5.32 Å². The Hall–Kier alpha value is 0.310. The third kappa shape index (κ3) is 12.6. The lowest BCUT2D eigenvalue weighted by Crippen LogP contribution is -2.30. The number of hydrogen-bond acceptors (Lipinski definition) is 2. The van der Waals surface area contributed by atoms with Gasteiger partial charge in [-0.25, -0.2) is 0 Å². The van der Waals surface area contributed by atoms with Crippen molar-refractivity contribution in [2.45, 2.75) is 77.7 Å². The minimum Gasteiger partial charge on any atom is -0.314 e. The molecule has 0 aliphatic carbocycles. The van der Waals surface area contributed by atoms with Crippen LogP contribution in [0, 0.1) is 0 Å². The van der Waals surface area contributed by atoms with Crippen molar-refractivity contribution in [3.05, 3.63) is 0 Å². The van der Waals surface area contributed by atoms with E-state index in [-0.39, 0.29) is 0 Å². The van der Waals surface area contributed by atoms with E-state index >= 15 is 0 Å². The highest BCUT2D eigenvalue weighted by Gasteiger charge is 2.06. The van der Waals surface area contributed by atoms with Gasteiger partial charge in [0.2, 0.25) is 0 Å². The zero-order valence-electron chi connectivity index (χ0n) is 12.3. The van der Waals surface area contributed by atoms with Crippen LogP contribution < -0.4 is 5.32 Å².